The van der Waals surface area contributed by atoms with Gasteiger partial charge in [0.05, 0.1) is 19.3 Å². The van der Waals surface area contributed by atoms with Gasteiger partial charge < -0.3 is 9.64 Å². The van der Waals surface area contributed by atoms with E-state index in [2.05, 4.69) is 0 Å². The quantitative estimate of drug-likeness (QED) is 0.849. The SMILES string of the molecule is CC1COCCN1C(=O)CCCc1ccccc1Cl. The van der Waals surface area contributed by atoms with Gasteiger partial charge in [0.2, 0.25) is 5.91 Å². The number of ether oxygens (including phenoxy) is 1. The highest BCUT2D eigenvalue weighted by molar-refractivity contribution is 6.31. The molecular weight excluding hydrogens is 262 g/mol. The van der Waals surface area contributed by atoms with Crippen LogP contribution in [-0.4, -0.2) is 36.6 Å². The zero-order chi connectivity index (χ0) is 13.7. The molecule has 2 rings (SSSR count). The Morgan fingerprint density at radius 2 is 2.26 bits per heavy atom. The minimum Gasteiger partial charge on any atom is -0.377 e. The van der Waals surface area contributed by atoms with Crippen LogP contribution in [-0.2, 0) is 16.0 Å². The Morgan fingerprint density at radius 1 is 1.47 bits per heavy atom. The number of nitrogens with zero attached hydrogens (tertiary/aromatic N) is 1. The number of hydrogen-bond acceptors (Lipinski definition) is 2. The Hall–Kier alpha value is -1.06. The lowest BCUT2D eigenvalue weighted by Gasteiger charge is -2.33. The highest BCUT2D eigenvalue weighted by Crippen LogP contribution is 2.18. The van der Waals surface area contributed by atoms with Crippen molar-refractivity contribution < 1.29 is 9.53 Å². The largest absolute Gasteiger partial charge is 0.377 e. The molecule has 0 N–H and O–H groups in total. The van der Waals surface area contributed by atoms with E-state index in [0.717, 1.165) is 23.4 Å². The molecule has 1 saturated heterocycles. The van der Waals surface area contributed by atoms with Gasteiger partial charge in [0.1, 0.15) is 0 Å². The van der Waals surface area contributed by atoms with Gasteiger partial charge in [-0.1, -0.05) is 29.8 Å². The van der Waals surface area contributed by atoms with E-state index in [9.17, 15) is 4.79 Å². The molecule has 0 aliphatic carbocycles. The van der Waals surface area contributed by atoms with E-state index in [1.165, 1.54) is 0 Å². The maximum absolute atomic E-state index is 12.1. The molecule has 3 nitrogen and oxygen atoms in total. The minimum absolute atomic E-state index is 0.196. The number of benzene rings is 1. The summed E-state index contributed by atoms with van der Waals surface area (Å²) in [4.78, 5) is 14.0. The normalized spacial score (nSPS) is 19.5. The van der Waals surface area contributed by atoms with Gasteiger partial charge in [0, 0.05) is 18.0 Å². The molecule has 1 heterocycles. The fraction of sp³-hybridized carbons (Fsp3) is 0.533. The highest BCUT2D eigenvalue weighted by atomic mass is 35.5. The molecule has 1 fully saturated rings. The Morgan fingerprint density at radius 3 is 3.00 bits per heavy atom. The number of hydrogen-bond donors (Lipinski definition) is 0. The van der Waals surface area contributed by atoms with E-state index >= 15 is 0 Å². The molecule has 1 aliphatic rings. The van der Waals surface area contributed by atoms with Crippen LogP contribution in [0.15, 0.2) is 24.3 Å². The van der Waals surface area contributed by atoms with Crippen molar-refractivity contribution in [2.45, 2.75) is 32.2 Å². The van der Waals surface area contributed by atoms with Gasteiger partial charge in [-0.05, 0) is 31.4 Å². The number of amides is 1. The van der Waals surface area contributed by atoms with Crippen molar-refractivity contribution >= 4 is 17.5 Å². The maximum atomic E-state index is 12.1. The molecule has 1 aromatic carbocycles. The van der Waals surface area contributed by atoms with Gasteiger partial charge in [-0.2, -0.15) is 0 Å². The van der Waals surface area contributed by atoms with Crippen molar-refractivity contribution in [2.24, 2.45) is 0 Å². The molecule has 0 bridgehead atoms. The van der Waals surface area contributed by atoms with Crippen molar-refractivity contribution in [2.75, 3.05) is 19.8 Å². The predicted octanol–water partition coefficient (Wildman–Crippen LogP) is 2.91. The second-order valence-corrected chi connectivity index (χ2v) is 5.36. The molecule has 0 radical (unpaired) electrons. The lowest BCUT2D eigenvalue weighted by molar-refractivity contribution is -0.139. The standard InChI is InChI=1S/C15H20ClNO2/c1-12-11-19-10-9-17(12)15(18)8-4-6-13-5-2-3-7-14(13)16/h2-3,5,7,12H,4,6,8-11H2,1H3. The molecule has 19 heavy (non-hydrogen) atoms. The lowest BCUT2D eigenvalue weighted by Crippen LogP contribution is -2.47. The molecule has 0 saturated carbocycles. The van der Waals surface area contributed by atoms with Gasteiger partial charge >= 0.3 is 0 Å². The summed E-state index contributed by atoms with van der Waals surface area (Å²) < 4.78 is 5.34. The van der Waals surface area contributed by atoms with E-state index in [0.29, 0.717) is 26.2 Å². The number of carbonyl (C=O) groups is 1. The number of carbonyl (C=O) groups excluding carboxylic acids is 1. The summed E-state index contributed by atoms with van der Waals surface area (Å²) in [5.41, 5.74) is 1.12. The van der Waals surface area contributed by atoms with Gasteiger partial charge in [0.25, 0.3) is 0 Å². The van der Waals surface area contributed by atoms with E-state index in [1.54, 1.807) is 0 Å². The summed E-state index contributed by atoms with van der Waals surface area (Å²) >= 11 is 6.10. The van der Waals surface area contributed by atoms with Gasteiger partial charge in [-0.15, -0.1) is 0 Å². The number of rotatable bonds is 4. The van der Waals surface area contributed by atoms with Gasteiger partial charge in [-0.25, -0.2) is 0 Å². The summed E-state index contributed by atoms with van der Waals surface area (Å²) in [6, 6.07) is 8.01. The summed E-state index contributed by atoms with van der Waals surface area (Å²) in [5, 5.41) is 0.787. The Labute approximate surface area is 119 Å². The average Bonchev–Trinajstić information content (AvgIpc) is 2.41. The van der Waals surface area contributed by atoms with E-state index < -0.39 is 0 Å². The Balaban J connectivity index is 1.79. The van der Waals surface area contributed by atoms with Crippen LogP contribution in [0.25, 0.3) is 0 Å². The summed E-state index contributed by atoms with van der Waals surface area (Å²) in [6.45, 7) is 4.05. The molecule has 4 heteroatoms. The zero-order valence-corrected chi connectivity index (χ0v) is 12.0. The molecule has 1 unspecified atom stereocenters. The average molecular weight is 282 g/mol. The highest BCUT2D eigenvalue weighted by Gasteiger charge is 2.22. The fourth-order valence-electron chi connectivity index (χ4n) is 2.37. The Bertz CT molecular complexity index is 436. The smallest absolute Gasteiger partial charge is 0.222 e. The third-order valence-electron chi connectivity index (χ3n) is 3.48. The summed E-state index contributed by atoms with van der Waals surface area (Å²) in [7, 11) is 0. The van der Waals surface area contributed by atoms with Crippen LogP contribution >= 0.6 is 11.6 Å². The van der Waals surface area contributed by atoms with E-state index in [4.69, 9.17) is 16.3 Å². The number of aryl methyl sites for hydroxylation is 1. The van der Waals surface area contributed by atoms with Crippen molar-refractivity contribution in [3.05, 3.63) is 34.9 Å². The van der Waals surface area contributed by atoms with Crippen LogP contribution in [0.5, 0.6) is 0 Å². The number of halogens is 1. The first-order chi connectivity index (χ1) is 9.18. The predicted molar refractivity (Wildman–Crippen MR) is 76.4 cm³/mol. The summed E-state index contributed by atoms with van der Waals surface area (Å²) in [5.74, 6) is 0.225. The molecule has 1 atom stereocenters. The first kappa shape index (κ1) is 14.4. The molecule has 1 amide bonds. The van der Waals surface area contributed by atoms with Gasteiger partial charge in [0.15, 0.2) is 0 Å². The zero-order valence-electron chi connectivity index (χ0n) is 11.3. The van der Waals surface area contributed by atoms with Crippen LogP contribution in [0, 0.1) is 0 Å². The fourth-order valence-corrected chi connectivity index (χ4v) is 2.60. The maximum Gasteiger partial charge on any atom is 0.222 e. The minimum atomic E-state index is 0.196. The first-order valence-corrected chi connectivity index (χ1v) is 7.17. The second-order valence-electron chi connectivity index (χ2n) is 4.96. The number of morpholine rings is 1. The van der Waals surface area contributed by atoms with Crippen LogP contribution in [0.3, 0.4) is 0 Å². The molecule has 1 aromatic rings. The molecule has 0 spiro atoms. The van der Waals surface area contributed by atoms with E-state index in [-0.39, 0.29) is 11.9 Å². The second kappa shape index (κ2) is 6.92. The summed E-state index contributed by atoms with van der Waals surface area (Å²) in [6.07, 6.45) is 2.27. The third-order valence-corrected chi connectivity index (χ3v) is 3.85. The van der Waals surface area contributed by atoms with Crippen LogP contribution in [0.4, 0.5) is 0 Å². The van der Waals surface area contributed by atoms with Crippen LogP contribution < -0.4 is 0 Å². The van der Waals surface area contributed by atoms with Crippen molar-refractivity contribution in [1.82, 2.24) is 4.90 Å². The van der Waals surface area contributed by atoms with E-state index in [1.807, 2.05) is 36.1 Å². The lowest BCUT2D eigenvalue weighted by atomic mass is 10.1. The van der Waals surface area contributed by atoms with Crippen molar-refractivity contribution in [3.63, 3.8) is 0 Å². The van der Waals surface area contributed by atoms with Crippen molar-refractivity contribution in [1.29, 1.82) is 0 Å². The van der Waals surface area contributed by atoms with Crippen LogP contribution in [0.1, 0.15) is 25.3 Å². The topological polar surface area (TPSA) is 29.5 Å². The molecule has 1 aliphatic heterocycles. The van der Waals surface area contributed by atoms with Crippen LogP contribution in [0.2, 0.25) is 5.02 Å². The molecule has 104 valence electrons. The third kappa shape index (κ3) is 3.95. The monoisotopic (exact) mass is 281 g/mol. The first-order valence-electron chi connectivity index (χ1n) is 6.79. The Kier molecular flexibility index (Phi) is 5.23. The molecule has 0 aromatic heterocycles. The van der Waals surface area contributed by atoms with Gasteiger partial charge in [-0.3, -0.25) is 4.79 Å². The molecular formula is C15H20ClNO2. The van der Waals surface area contributed by atoms with Crippen molar-refractivity contribution in [3.8, 4) is 0 Å².